The Morgan fingerprint density at radius 2 is 1.46 bits per heavy atom. The first-order valence-electron chi connectivity index (χ1n) is 8.33. The molecule has 4 heteroatoms. The van der Waals surface area contributed by atoms with E-state index in [0.717, 1.165) is 22.3 Å². The van der Waals surface area contributed by atoms with Crippen LogP contribution < -0.4 is 5.30 Å². The molecule has 0 fully saturated rings. The van der Waals surface area contributed by atoms with E-state index in [0.29, 0.717) is 16.4 Å². The lowest BCUT2D eigenvalue weighted by molar-refractivity contribution is 0.107. The second-order valence-corrected chi connectivity index (χ2v) is 7.87. The molecule has 2 nitrogen and oxygen atoms in total. The first-order chi connectivity index (χ1) is 12.4. The zero-order valence-corrected chi connectivity index (χ0v) is 15.8. The van der Waals surface area contributed by atoms with Gasteiger partial charge in [-0.15, -0.1) is 0 Å². The molecular formula is C22H19FO2P+. The van der Waals surface area contributed by atoms with Gasteiger partial charge in [-0.1, -0.05) is 46.5 Å². The van der Waals surface area contributed by atoms with Crippen molar-refractivity contribution in [2.24, 2.45) is 0 Å². The number of halogens is 1. The van der Waals surface area contributed by atoms with Gasteiger partial charge >= 0.3 is 13.3 Å². The van der Waals surface area contributed by atoms with E-state index in [9.17, 15) is 13.8 Å². The highest BCUT2D eigenvalue weighted by Gasteiger charge is 2.37. The molecule has 3 aromatic carbocycles. The van der Waals surface area contributed by atoms with Crippen molar-refractivity contribution >= 4 is 18.6 Å². The van der Waals surface area contributed by atoms with Gasteiger partial charge in [0.2, 0.25) is 5.30 Å². The van der Waals surface area contributed by atoms with Crippen LogP contribution >= 0.6 is 7.80 Å². The SMILES string of the molecule is Cc1cc(C)c(C(=O)[P+](=O)c2ccccc2-c2ccc(F)cc2)c(C)c1. The lowest BCUT2D eigenvalue weighted by Crippen LogP contribution is -2.10. The maximum Gasteiger partial charge on any atom is 0.459 e. The van der Waals surface area contributed by atoms with E-state index in [1.54, 1.807) is 30.3 Å². The van der Waals surface area contributed by atoms with Gasteiger partial charge in [0.25, 0.3) is 0 Å². The second kappa shape index (κ2) is 7.31. The van der Waals surface area contributed by atoms with Crippen molar-refractivity contribution in [3.05, 3.63) is 88.7 Å². The molecule has 0 heterocycles. The topological polar surface area (TPSA) is 34.1 Å². The molecule has 0 saturated heterocycles. The normalized spacial score (nSPS) is 11.3. The Balaban J connectivity index is 2.07. The summed E-state index contributed by atoms with van der Waals surface area (Å²) >= 11 is 0. The number of hydrogen-bond donors (Lipinski definition) is 0. The van der Waals surface area contributed by atoms with Crippen LogP contribution in [0.15, 0.2) is 60.7 Å². The first-order valence-corrected chi connectivity index (χ1v) is 9.59. The molecule has 3 aromatic rings. The third kappa shape index (κ3) is 3.49. The third-order valence-electron chi connectivity index (χ3n) is 4.35. The fraction of sp³-hybridized carbons (Fsp3) is 0.136. The fourth-order valence-electron chi connectivity index (χ4n) is 3.25. The summed E-state index contributed by atoms with van der Waals surface area (Å²) in [6.45, 7) is 5.70. The Labute approximate surface area is 153 Å². The molecule has 0 aliphatic rings. The van der Waals surface area contributed by atoms with Gasteiger partial charge in [-0.05, 0) is 61.7 Å². The summed E-state index contributed by atoms with van der Waals surface area (Å²) in [7, 11) is -2.29. The molecule has 0 radical (unpaired) electrons. The minimum absolute atomic E-state index is 0.336. The van der Waals surface area contributed by atoms with E-state index < -0.39 is 7.80 Å². The van der Waals surface area contributed by atoms with Gasteiger partial charge < -0.3 is 0 Å². The molecule has 3 rings (SSSR count). The Kier molecular flexibility index (Phi) is 5.11. The van der Waals surface area contributed by atoms with E-state index in [2.05, 4.69) is 0 Å². The summed E-state index contributed by atoms with van der Waals surface area (Å²) < 4.78 is 26.3. The highest BCUT2D eigenvalue weighted by Crippen LogP contribution is 2.34. The summed E-state index contributed by atoms with van der Waals surface area (Å²) in [4.78, 5) is 13.0. The van der Waals surface area contributed by atoms with E-state index in [-0.39, 0.29) is 11.3 Å². The van der Waals surface area contributed by atoms with Crippen LogP contribution in [0.2, 0.25) is 0 Å². The van der Waals surface area contributed by atoms with Gasteiger partial charge in [-0.2, -0.15) is 0 Å². The molecule has 0 N–H and O–H groups in total. The molecule has 0 aliphatic carbocycles. The Bertz CT molecular complexity index is 984. The predicted octanol–water partition coefficient (Wildman–Crippen LogP) is 5.71. The zero-order chi connectivity index (χ0) is 18.8. The maximum atomic E-state index is 13.2. The van der Waals surface area contributed by atoms with Crippen LogP contribution in [-0.2, 0) is 4.57 Å². The number of hydrogen-bond acceptors (Lipinski definition) is 2. The lowest BCUT2D eigenvalue weighted by Gasteiger charge is -2.06. The monoisotopic (exact) mass is 365 g/mol. The largest absolute Gasteiger partial charge is 0.459 e. The number of rotatable bonds is 4. The number of carbonyl (C=O) groups excluding carboxylic acids is 1. The average molecular weight is 365 g/mol. The zero-order valence-electron chi connectivity index (χ0n) is 14.9. The average Bonchev–Trinajstić information content (AvgIpc) is 2.61. The summed E-state index contributed by atoms with van der Waals surface area (Å²) in [6, 6.07) is 16.9. The summed E-state index contributed by atoms with van der Waals surface area (Å²) in [5, 5.41) is 0.471. The van der Waals surface area contributed by atoms with E-state index in [1.165, 1.54) is 12.1 Å². The molecule has 0 aliphatic heterocycles. The van der Waals surface area contributed by atoms with Crippen LogP contribution in [0.5, 0.6) is 0 Å². The predicted molar refractivity (Wildman–Crippen MR) is 104 cm³/mol. The standard InChI is InChI=1S/C22H19FO2P/c1-14-12-15(2)21(16(3)13-14)22(24)26(25)20-7-5-4-6-19(20)17-8-10-18(23)11-9-17/h4-13H,1-3H3/q+1. The third-order valence-corrected chi connectivity index (χ3v) is 5.77. The van der Waals surface area contributed by atoms with Gasteiger partial charge in [0.15, 0.2) is 0 Å². The van der Waals surface area contributed by atoms with Crippen LogP contribution in [0, 0.1) is 26.6 Å². The Morgan fingerprint density at radius 3 is 2.08 bits per heavy atom. The van der Waals surface area contributed by atoms with Crippen molar-refractivity contribution in [2.45, 2.75) is 20.8 Å². The number of aryl methyl sites for hydroxylation is 3. The van der Waals surface area contributed by atoms with Crippen molar-refractivity contribution < 1.29 is 13.8 Å². The van der Waals surface area contributed by atoms with Crippen LogP contribution in [0.25, 0.3) is 11.1 Å². The lowest BCUT2D eigenvalue weighted by atomic mass is 10.0. The first kappa shape index (κ1) is 18.2. The Hall–Kier alpha value is -2.64. The van der Waals surface area contributed by atoms with Crippen LogP contribution in [0.1, 0.15) is 27.0 Å². The van der Waals surface area contributed by atoms with E-state index >= 15 is 0 Å². The summed E-state index contributed by atoms with van der Waals surface area (Å²) in [6.07, 6.45) is 0. The van der Waals surface area contributed by atoms with Gasteiger partial charge in [0.05, 0.1) is 5.56 Å². The van der Waals surface area contributed by atoms with Crippen molar-refractivity contribution in [1.29, 1.82) is 0 Å². The Morgan fingerprint density at radius 1 is 0.885 bits per heavy atom. The van der Waals surface area contributed by atoms with Gasteiger partial charge in [-0.3, -0.25) is 0 Å². The van der Waals surface area contributed by atoms with Crippen LogP contribution in [0.3, 0.4) is 0 Å². The molecule has 26 heavy (non-hydrogen) atoms. The van der Waals surface area contributed by atoms with E-state index in [1.807, 2.05) is 39.0 Å². The smallest absolute Gasteiger partial charge is 0.234 e. The highest BCUT2D eigenvalue weighted by molar-refractivity contribution is 7.71. The van der Waals surface area contributed by atoms with Gasteiger partial charge in [0.1, 0.15) is 5.82 Å². The highest BCUT2D eigenvalue weighted by atomic mass is 31.1. The van der Waals surface area contributed by atoms with Crippen molar-refractivity contribution in [1.82, 2.24) is 0 Å². The second-order valence-electron chi connectivity index (χ2n) is 6.40. The fourth-order valence-corrected chi connectivity index (χ4v) is 4.67. The summed E-state index contributed by atoms with van der Waals surface area (Å²) in [5.74, 6) is -0.336. The summed E-state index contributed by atoms with van der Waals surface area (Å²) in [5.41, 5.74) is 4.29. The van der Waals surface area contributed by atoms with Crippen molar-refractivity contribution in [2.75, 3.05) is 0 Å². The number of carbonyl (C=O) groups is 1. The van der Waals surface area contributed by atoms with Crippen LogP contribution in [0.4, 0.5) is 4.39 Å². The minimum Gasteiger partial charge on any atom is -0.234 e. The van der Waals surface area contributed by atoms with Gasteiger partial charge in [0, 0.05) is 5.56 Å². The van der Waals surface area contributed by atoms with E-state index in [4.69, 9.17) is 0 Å². The van der Waals surface area contributed by atoms with Gasteiger partial charge in [-0.25, -0.2) is 9.18 Å². The molecule has 0 spiro atoms. The molecule has 1 atom stereocenters. The number of benzene rings is 3. The molecule has 0 amide bonds. The molecule has 1 unspecified atom stereocenters. The minimum atomic E-state index is -2.29. The quantitative estimate of drug-likeness (QED) is 0.555. The van der Waals surface area contributed by atoms with Crippen molar-refractivity contribution in [3.63, 3.8) is 0 Å². The van der Waals surface area contributed by atoms with Crippen molar-refractivity contribution in [3.8, 4) is 11.1 Å². The maximum absolute atomic E-state index is 13.2. The molecule has 130 valence electrons. The van der Waals surface area contributed by atoms with Crippen LogP contribution in [-0.4, -0.2) is 5.52 Å². The molecule has 0 saturated carbocycles. The molecule has 0 aromatic heterocycles. The molecular weight excluding hydrogens is 346 g/mol. The molecule has 0 bridgehead atoms.